The number of carbonyl (C=O) groups excluding carboxylic acids is 2. The maximum Gasteiger partial charge on any atom is 0.226 e. The van der Waals surface area contributed by atoms with Crippen molar-refractivity contribution in [3.05, 3.63) is 0 Å². The van der Waals surface area contributed by atoms with Crippen molar-refractivity contribution in [2.75, 3.05) is 46.4 Å². The molecule has 2 aliphatic heterocycles. The average molecular weight is 325 g/mol. The predicted octanol–water partition coefficient (Wildman–Crippen LogP) is 0.862. The fourth-order valence-corrected chi connectivity index (χ4v) is 3.54. The van der Waals surface area contributed by atoms with Crippen LogP contribution in [0.3, 0.4) is 0 Å². The van der Waals surface area contributed by atoms with Gasteiger partial charge in [-0.25, -0.2) is 0 Å². The van der Waals surface area contributed by atoms with Gasteiger partial charge < -0.3 is 19.9 Å². The van der Waals surface area contributed by atoms with Crippen LogP contribution >= 0.6 is 0 Å². The lowest BCUT2D eigenvalue weighted by Gasteiger charge is -2.41. The van der Waals surface area contributed by atoms with Gasteiger partial charge in [0.1, 0.15) is 0 Å². The van der Waals surface area contributed by atoms with E-state index in [0.29, 0.717) is 32.2 Å². The summed E-state index contributed by atoms with van der Waals surface area (Å²) in [5.41, 5.74) is 0. The summed E-state index contributed by atoms with van der Waals surface area (Å²) in [7, 11) is 2.13. The quantitative estimate of drug-likeness (QED) is 0.705. The lowest BCUT2D eigenvalue weighted by Crippen LogP contribution is -2.51. The van der Waals surface area contributed by atoms with Crippen LogP contribution in [0, 0.1) is 5.92 Å². The van der Waals surface area contributed by atoms with Crippen LogP contribution in [0.2, 0.25) is 0 Å². The topological polar surface area (TPSA) is 61.9 Å². The predicted molar refractivity (Wildman–Crippen MR) is 89.1 cm³/mol. The minimum Gasteiger partial charge on any atom is -0.380 e. The first-order valence-corrected chi connectivity index (χ1v) is 8.95. The Labute approximate surface area is 139 Å². The number of likely N-dealkylation sites (tertiary alicyclic amines) is 2. The largest absolute Gasteiger partial charge is 0.380 e. The summed E-state index contributed by atoms with van der Waals surface area (Å²) in [6, 6.07) is 0.363. The molecule has 0 radical (unpaired) electrons. The first kappa shape index (κ1) is 18.2. The van der Waals surface area contributed by atoms with Crippen molar-refractivity contribution >= 4 is 11.8 Å². The molecule has 0 saturated carbocycles. The molecule has 2 saturated heterocycles. The third-order valence-corrected chi connectivity index (χ3v) is 4.92. The van der Waals surface area contributed by atoms with E-state index in [0.717, 1.165) is 45.3 Å². The number of carbonyl (C=O) groups is 2. The Hall–Kier alpha value is -1.14. The molecular formula is C17H31N3O3. The molecule has 2 fully saturated rings. The van der Waals surface area contributed by atoms with Crippen molar-refractivity contribution in [2.45, 2.75) is 45.1 Å². The lowest BCUT2D eigenvalue weighted by molar-refractivity contribution is -0.144. The van der Waals surface area contributed by atoms with Crippen LogP contribution in [0.15, 0.2) is 0 Å². The Morgan fingerprint density at radius 1 is 1.26 bits per heavy atom. The molecule has 0 aromatic heterocycles. The Morgan fingerprint density at radius 3 is 2.70 bits per heavy atom. The van der Waals surface area contributed by atoms with E-state index in [1.807, 2.05) is 6.92 Å². The SMILES string of the molecule is CCOCCNC(=O)CC1CCCN(C2CCN(C)CC2)C1=O. The molecule has 1 N–H and O–H groups in total. The third-order valence-electron chi connectivity index (χ3n) is 4.92. The number of nitrogens with zero attached hydrogens (tertiary/aromatic N) is 2. The van der Waals surface area contributed by atoms with Crippen LogP contribution in [-0.2, 0) is 14.3 Å². The summed E-state index contributed by atoms with van der Waals surface area (Å²) in [5.74, 6) is 0.00883. The van der Waals surface area contributed by atoms with Crippen molar-refractivity contribution in [3.63, 3.8) is 0 Å². The average Bonchev–Trinajstić information content (AvgIpc) is 2.55. The standard InChI is InChI=1S/C17H31N3O3/c1-3-23-12-8-18-16(21)13-14-5-4-9-20(17(14)22)15-6-10-19(2)11-7-15/h14-15H,3-13H2,1-2H3,(H,18,21). The number of piperidine rings is 2. The molecule has 23 heavy (non-hydrogen) atoms. The van der Waals surface area contributed by atoms with E-state index < -0.39 is 0 Å². The molecule has 0 aromatic rings. The van der Waals surface area contributed by atoms with Crippen LogP contribution in [0.1, 0.15) is 39.0 Å². The maximum absolute atomic E-state index is 12.7. The smallest absolute Gasteiger partial charge is 0.226 e. The minimum absolute atomic E-state index is 0.0340. The molecule has 6 heteroatoms. The third kappa shape index (κ3) is 5.46. The van der Waals surface area contributed by atoms with E-state index in [1.165, 1.54) is 0 Å². The second-order valence-electron chi connectivity index (χ2n) is 6.66. The van der Waals surface area contributed by atoms with E-state index in [-0.39, 0.29) is 17.7 Å². The zero-order valence-corrected chi connectivity index (χ0v) is 14.6. The van der Waals surface area contributed by atoms with E-state index in [4.69, 9.17) is 4.74 Å². The Balaban J connectivity index is 1.78. The van der Waals surface area contributed by atoms with Gasteiger partial charge in [0.25, 0.3) is 0 Å². The highest BCUT2D eigenvalue weighted by molar-refractivity contribution is 5.86. The normalized spacial score (nSPS) is 24.0. The van der Waals surface area contributed by atoms with Gasteiger partial charge in [0.05, 0.1) is 6.61 Å². The molecule has 0 aromatic carbocycles. The van der Waals surface area contributed by atoms with Gasteiger partial charge >= 0.3 is 0 Å². The minimum atomic E-state index is -0.143. The molecule has 1 unspecified atom stereocenters. The zero-order valence-electron chi connectivity index (χ0n) is 14.6. The Morgan fingerprint density at radius 2 is 2.00 bits per heavy atom. The van der Waals surface area contributed by atoms with Crippen molar-refractivity contribution in [3.8, 4) is 0 Å². The van der Waals surface area contributed by atoms with Crippen molar-refractivity contribution in [2.24, 2.45) is 5.92 Å². The van der Waals surface area contributed by atoms with Gasteiger partial charge in [0.15, 0.2) is 0 Å². The molecular weight excluding hydrogens is 294 g/mol. The summed E-state index contributed by atoms with van der Waals surface area (Å²) in [6.07, 6.45) is 4.26. The van der Waals surface area contributed by atoms with Crippen LogP contribution < -0.4 is 5.32 Å². The number of ether oxygens (including phenoxy) is 1. The van der Waals surface area contributed by atoms with Crippen molar-refractivity contribution < 1.29 is 14.3 Å². The zero-order chi connectivity index (χ0) is 16.7. The summed E-state index contributed by atoms with van der Waals surface area (Å²) in [5, 5.41) is 2.84. The van der Waals surface area contributed by atoms with Crippen molar-refractivity contribution in [1.82, 2.24) is 15.1 Å². The molecule has 6 nitrogen and oxygen atoms in total. The second kappa shape index (κ2) is 9.23. The van der Waals surface area contributed by atoms with Crippen LogP contribution in [-0.4, -0.2) is 74.1 Å². The van der Waals surface area contributed by atoms with Crippen molar-refractivity contribution in [1.29, 1.82) is 0 Å². The Kier molecular flexibility index (Phi) is 7.30. The molecule has 1 atom stereocenters. The van der Waals surface area contributed by atoms with E-state index >= 15 is 0 Å². The molecule has 2 amide bonds. The van der Waals surface area contributed by atoms with Crippen LogP contribution in [0.25, 0.3) is 0 Å². The maximum atomic E-state index is 12.7. The number of hydrogen-bond acceptors (Lipinski definition) is 4. The molecule has 2 heterocycles. The molecule has 2 aliphatic rings. The molecule has 2 rings (SSSR count). The van der Waals surface area contributed by atoms with Gasteiger partial charge in [-0.05, 0) is 52.7 Å². The highest BCUT2D eigenvalue weighted by atomic mass is 16.5. The highest BCUT2D eigenvalue weighted by Gasteiger charge is 2.35. The molecule has 0 aliphatic carbocycles. The number of nitrogens with one attached hydrogen (secondary N) is 1. The first-order valence-electron chi connectivity index (χ1n) is 8.95. The Bertz CT molecular complexity index is 395. The van der Waals surface area contributed by atoms with Gasteiger partial charge in [-0.2, -0.15) is 0 Å². The summed E-state index contributed by atoms with van der Waals surface area (Å²) in [4.78, 5) is 29.1. The number of rotatable bonds is 7. The molecule has 132 valence electrons. The summed E-state index contributed by atoms with van der Waals surface area (Å²) < 4.78 is 5.21. The molecule has 0 spiro atoms. The van der Waals surface area contributed by atoms with E-state index in [9.17, 15) is 9.59 Å². The monoisotopic (exact) mass is 325 g/mol. The first-order chi connectivity index (χ1) is 11.1. The van der Waals surface area contributed by atoms with E-state index in [2.05, 4.69) is 22.2 Å². The van der Waals surface area contributed by atoms with E-state index in [1.54, 1.807) is 0 Å². The van der Waals surface area contributed by atoms with Gasteiger partial charge in [0.2, 0.25) is 11.8 Å². The van der Waals surface area contributed by atoms with Gasteiger partial charge in [-0.3, -0.25) is 9.59 Å². The van der Waals surface area contributed by atoms with Crippen LogP contribution in [0.4, 0.5) is 0 Å². The van der Waals surface area contributed by atoms with Crippen LogP contribution in [0.5, 0.6) is 0 Å². The number of amides is 2. The second-order valence-corrected chi connectivity index (χ2v) is 6.66. The fraction of sp³-hybridized carbons (Fsp3) is 0.882. The number of hydrogen-bond donors (Lipinski definition) is 1. The van der Waals surface area contributed by atoms with Gasteiger partial charge in [-0.15, -0.1) is 0 Å². The van der Waals surface area contributed by atoms with Gasteiger partial charge in [-0.1, -0.05) is 0 Å². The summed E-state index contributed by atoms with van der Waals surface area (Å²) >= 11 is 0. The molecule has 0 bridgehead atoms. The van der Waals surface area contributed by atoms with Gasteiger partial charge in [0, 0.05) is 38.1 Å². The lowest BCUT2D eigenvalue weighted by atomic mass is 9.90. The fourth-order valence-electron chi connectivity index (χ4n) is 3.54. The summed E-state index contributed by atoms with van der Waals surface area (Å²) in [6.45, 7) is 6.60. The highest BCUT2D eigenvalue weighted by Crippen LogP contribution is 2.26.